The van der Waals surface area contributed by atoms with Crippen molar-refractivity contribution in [3.63, 3.8) is 0 Å². The molecule has 1 atom stereocenters. The van der Waals surface area contributed by atoms with E-state index in [1.807, 2.05) is 24.4 Å². The zero-order chi connectivity index (χ0) is 23.8. The topological polar surface area (TPSA) is 41.5 Å². The van der Waals surface area contributed by atoms with Gasteiger partial charge in [0.1, 0.15) is 5.00 Å². The smallest absolute Gasteiger partial charge is 0.259 e. The Hall–Kier alpha value is -1.95. The molecule has 1 aliphatic rings. The molecule has 6 heteroatoms. The number of carbonyl (C=O) groups excluding carboxylic acids is 1. The minimum Gasteiger partial charge on any atom is -0.322 e. The van der Waals surface area contributed by atoms with Gasteiger partial charge in [0.15, 0.2) is 0 Å². The van der Waals surface area contributed by atoms with E-state index in [4.69, 9.17) is 16.6 Å². The lowest BCUT2D eigenvalue weighted by atomic mass is 9.72. The quantitative estimate of drug-likeness (QED) is 0.329. The number of nitrogens with zero attached hydrogens (tertiary/aromatic N) is 1. The number of hydrogen-bond donors (Lipinski definition) is 1. The van der Waals surface area contributed by atoms with Crippen LogP contribution < -0.4 is 5.32 Å². The molecular formula is C27H28BrClN2OS. The van der Waals surface area contributed by atoms with Gasteiger partial charge in [-0.25, -0.2) is 4.99 Å². The molecule has 0 fully saturated rings. The number of aryl methyl sites for hydroxylation is 1. The Bertz CT molecular complexity index is 1210. The number of thiophene rings is 1. The second-order valence-electron chi connectivity index (χ2n) is 9.72. The summed E-state index contributed by atoms with van der Waals surface area (Å²) in [5.41, 5.74) is 5.00. The first-order valence-electron chi connectivity index (χ1n) is 11.1. The second-order valence-corrected chi connectivity index (χ2v) is 12.1. The lowest BCUT2D eigenvalue weighted by Crippen LogP contribution is -2.27. The van der Waals surface area contributed by atoms with Crippen LogP contribution in [0.3, 0.4) is 0 Å². The van der Waals surface area contributed by atoms with E-state index in [0.29, 0.717) is 16.5 Å². The van der Waals surface area contributed by atoms with Gasteiger partial charge in [-0.3, -0.25) is 4.79 Å². The molecule has 1 heterocycles. The van der Waals surface area contributed by atoms with Crippen LogP contribution in [0.2, 0.25) is 5.02 Å². The third-order valence-corrected chi connectivity index (χ3v) is 8.60. The molecule has 1 aromatic heterocycles. The second kappa shape index (κ2) is 9.73. The average molecular weight is 544 g/mol. The summed E-state index contributed by atoms with van der Waals surface area (Å²) in [6.07, 6.45) is 4.84. The summed E-state index contributed by atoms with van der Waals surface area (Å²) in [7, 11) is 0. The minimum absolute atomic E-state index is 0.110. The van der Waals surface area contributed by atoms with Crippen LogP contribution >= 0.6 is 38.9 Å². The maximum Gasteiger partial charge on any atom is 0.259 e. The molecule has 0 aliphatic heterocycles. The van der Waals surface area contributed by atoms with Crippen LogP contribution in [0.1, 0.15) is 59.1 Å². The molecule has 2 aromatic carbocycles. The van der Waals surface area contributed by atoms with Crippen LogP contribution in [-0.4, -0.2) is 12.1 Å². The van der Waals surface area contributed by atoms with E-state index in [2.05, 4.69) is 61.1 Å². The monoisotopic (exact) mass is 542 g/mol. The molecule has 3 nitrogen and oxygen atoms in total. The number of rotatable bonds is 4. The van der Waals surface area contributed by atoms with Crippen molar-refractivity contribution in [2.45, 2.75) is 47.0 Å². The van der Waals surface area contributed by atoms with E-state index in [1.165, 1.54) is 10.4 Å². The van der Waals surface area contributed by atoms with Gasteiger partial charge in [0.25, 0.3) is 5.91 Å². The first-order chi connectivity index (χ1) is 15.6. The molecule has 1 amide bonds. The maximum absolute atomic E-state index is 13.4. The Balaban J connectivity index is 1.70. The van der Waals surface area contributed by atoms with Crippen LogP contribution in [-0.2, 0) is 12.8 Å². The van der Waals surface area contributed by atoms with Crippen LogP contribution in [0.5, 0.6) is 0 Å². The van der Waals surface area contributed by atoms with E-state index >= 15 is 0 Å². The number of halogens is 2. The largest absolute Gasteiger partial charge is 0.322 e. The summed E-state index contributed by atoms with van der Waals surface area (Å²) in [5.74, 6) is 0.488. The number of aliphatic imine (C=N–C) groups is 1. The van der Waals surface area contributed by atoms with Crippen molar-refractivity contribution in [2.75, 3.05) is 5.32 Å². The van der Waals surface area contributed by atoms with Gasteiger partial charge < -0.3 is 5.32 Å². The van der Waals surface area contributed by atoms with Gasteiger partial charge >= 0.3 is 0 Å². The molecule has 1 aliphatic carbocycles. The van der Waals surface area contributed by atoms with Crippen molar-refractivity contribution in [1.29, 1.82) is 0 Å². The fourth-order valence-electron chi connectivity index (χ4n) is 4.19. The Morgan fingerprint density at radius 1 is 1.21 bits per heavy atom. The highest BCUT2D eigenvalue weighted by molar-refractivity contribution is 9.10. The molecule has 0 radical (unpaired) electrons. The number of nitrogens with one attached hydrogen (secondary N) is 1. The Morgan fingerprint density at radius 2 is 1.94 bits per heavy atom. The fraction of sp³-hybridized carbons (Fsp3) is 0.333. The van der Waals surface area contributed by atoms with Gasteiger partial charge in [0.2, 0.25) is 0 Å². The summed E-state index contributed by atoms with van der Waals surface area (Å²) < 4.78 is 1.05. The molecule has 3 aromatic rings. The van der Waals surface area contributed by atoms with Crippen molar-refractivity contribution < 1.29 is 4.79 Å². The van der Waals surface area contributed by atoms with Gasteiger partial charge in [-0.05, 0) is 84.5 Å². The van der Waals surface area contributed by atoms with E-state index in [-0.39, 0.29) is 11.3 Å². The van der Waals surface area contributed by atoms with Crippen molar-refractivity contribution in [3.05, 3.63) is 79.1 Å². The summed E-state index contributed by atoms with van der Waals surface area (Å²) in [5, 5.41) is 4.46. The van der Waals surface area contributed by atoms with E-state index in [9.17, 15) is 4.79 Å². The van der Waals surface area contributed by atoms with Gasteiger partial charge in [0.05, 0.1) is 5.56 Å². The molecule has 172 valence electrons. The van der Waals surface area contributed by atoms with E-state index < -0.39 is 0 Å². The highest BCUT2D eigenvalue weighted by Crippen LogP contribution is 2.45. The lowest BCUT2D eigenvalue weighted by Gasteiger charge is -2.33. The van der Waals surface area contributed by atoms with E-state index in [0.717, 1.165) is 45.6 Å². The zero-order valence-electron chi connectivity index (χ0n) is 19.3. The van der Waals surface area contributed by atoms with Crippen molar-refractivity contribution >= 4 is 61.7 Å². The maximum atomic E-state index is 13.4. The lowest BCUT2D eigenvalue weighted by molar-refractivity contribution is 0.102. The number of fused-ring (bicyclic) bond motifs is 1. The Morgan fingerprint density at radius 3 is 2.61 bits per heavy atom. The Kier molecular flexibility index (Phi) is 7.13. The van der Waals surface area contributed by atoms with Gasteiger partial charge in [-0.2, -0.15) is 0 Å². The predicted molar refractivity (Wildman–Crippen MR) is 145 cm³/mol. The molecule has 0 saturated carbocycles. The SMILES string of the molecule is Cc1ccc(C=Nc2sc3c(c2C(=O)Nc2ccc(Cl)cc2)CC[C@@H](C(C)(C)C)C3)cc1Br. The van der Waals surface area contributed by atoms with E-state index in [1.54, 1.807) is 23.5 Å². The molecule has 0 spiro atoms. The van der Waals surface area contributed by atoms with Crippen LogP contribution in [0.4, 0.5) is 10.7 Å². The molecule has 0 bridgehead atoms. The molecule has 33 heavy (non-hydrogen) atoms. The number of anilines is 1. The number of hydrogen-bond acceptors (Lipinski definition) is 3. The third kappa shape index (κ3) is 5.59. The summed E-state index contributed by atoms with van der Waals surface area (Å²) >= 11 is 11.3. The number of amides is 1. The third-order valence-electron chi connectivity index (χ3n) is 6.33. The van der Waals surface area contributed by atoms with Crippen LogP contribution in [0, 0.1) is 18.3 Å². The van der Waals surface area contributed by atoms with Gasteiger partial charge in [0, 0.05) is 26.3 Å². The molecular weight excluding hydrogens is 516 g/mol. The normalized spacial score (nSPS) is 16.1. The number of benzene rings is 2. The first kappa shape index (κ1) is 24.2. The molecule has 0 unspecified atom stereocenters. The van der Waals surface area contributed by atoms with Crippen LogP contribution in [0.25, 0.3) is 0 Å². The van der Waals surface area contributed by atoms with Crippen LogP contribution in [0.15, 0.2) is 51.9 Å². The summed E-state index contributed by atoms with van der Waals surface area (Å²) in [4.78, 5) is 19.5. The number of carbonyl (C=O) groups is 1. The molecule has 0 saturated heterocycles. The van der Waals surface area contributed by atoms with Crippen molar-refractivity contribution in [3.8, 4) is 0 Å². The molecule has 4 rings (SSSR count). The fourth-order valence-corrected chi connectivity index (χ4v) is 5.98. The van der Waals surface area contributed by atoms with Crippen molar-refractivity contribution in [2.24, 2.45) is 16.3 Å². The van der Waals surface area contributed by atoms with Crippen molar-refractivity contribution in [1.82, 2.24) is 0 Å². The predicted octanol–water partition coefficient (Wildman–Crippen LogP) is 8.63. The average Bonchev–Trinajstić information content (AvgIpc) is 3.13. The first-order valence-corrected chi connectivity index (χ1v) is 13.1. The summed E-state index contributed by atoms with van der Waals surface area (Å²) in [6, 6.07) is 13.4. The Labute approximate surface area is 213 Å². The van der Waals surface area contributed by atoms with Gasteiger partial charge in [-0.15, -0.1) is 11.3 Å². The zero-order valence-corrected chi connectivity index (χ0v) is 22.5. The summed E-state index contributed by atoms with van der Waals surface area (Å²) in [6.45, 7) is 8.97. The highest BCUT2D eigenvalue weighted by atomic mass is 79.9. The minimum atomic E-state index is -0.110. The van der Waals surface area contributed by atoms with Gasteiger partial charge in [-0.1, -0.05) is 60.4 Å². The standard InChI is InChI=1S/C27H28BrClN2OS/c1-16-5-6-17(13-22(16)28)15-30-26-24(25(32)31-20-10-8-19(29)9-11-20)21-12-7-18(27(2,3)4)14-23(21)33-26/h5-6,8-11,13,15,18H,7,12,14H2,1-4H3,(H,31,32)/t18-/m1/s1. The highest BCUT2D eigenvalue weighted by Gasteiger charge is 2.33. The molecule has 1 N–H and O–H groups in total.